The lowest BCUT2D eigenvalue weighted by Crippen LogP contribution is -1.98. The van der Waals surface area contributed by atoms with Crippen LogP contribution in [0.25, 0.3) is 0 Å². The van der Waals surface area contributed by atoms with Crippen molar-refractivity contribution in [1.29, 1.82) is 0 Å². The Kier molecular flexibility index (Phi) is 3.79. The molecule has 0 aliphatic rings. The quantitative estimate of drug-likeness (QED) is 0.925. The molecule has 2 aromatic rings. The van der Waals surface area contributed by atoms with Gasteiger partial charge in [0.25, 0.3) is 0 Å². The van der Waals surface area contributed by atoms with Gasteiger partial charge < -0.3 is 10.5 Å². The summed E-state index contributed by atoms with van der Waals surface area (Å²) in [6.07, 6.45) is 0. The molecule has 5 heteroatoms. The standard InChI is InChI=1S/C13H14ClN3O/c1-8-5-9(2)17-13(16-8)18-12-4-3-10(7-15)6-11(12)14/h3-6H,7,15H2,1-2H3. The number of aromatic nitrogens is 2. The fourth-order valence-corrected chi connectivity index (χ4v) is 1.83. The molecule has 4 nitrogen and oxygen atoms in total. The maximum Gasteiger partial charge on any atom is 0.322 e. The number of hydrogen-bond acceptors (Lipinski definition) is 4. The van der Waals surface area contributed by atoms with Gasteiger partial charge in [0.2, 0.25) is 0 Å². The van der Waals surface area contributed by atoms with Crippen LogP contribution in [-0.4, -0.2) is 9.97 Å². The van der Waals surface area contributed by atoms with E-state index in [1.807, 2.05) is 26.0 Å². The van der Waals surface area contributed by atoms with Gasteiger partial charge in [-0.05, 0) is 37.6 Å². The van der Waals surface area contributed by atoms with Crippen molar-refractivity contribution in [1.82, 2.24) is 9.97 Å². The Morgan fingerprint density at radius 3 is 2.39 bits per heavy atom. The van der Waals surface area contributed by atoms with E-state index in [0.29, 0.717) is 23.3 Å². The monoisotopic (exact) mass is 263 g/mol. The van der Waals surface area contributed by atoms with Crippen molar-refractivity contribution in [2.45, 2.75) is 20.4 Å². The molecule has 0 bridgehead atoms. The number of nitrogens with zero attached hydrogens (tertiary/aromatic N) is 2. The van der Waals surface area contributed by atoms with Crippen LogP contribution in [0.4, 0.5) is 0 Å². The third kappa shape index (κ3) is 2.97. The molecule has 0 spiro atoms. The first-order valence-corrected chi connectivity index (χ1v) is 5.95. The van der Waals surface area contributed by atoms with Gasteiger partial charge in [-0.1, -0.05) is 17.7 Å². The van der Waals surface area contributed by atoms with Crippen LogP contribution < -0.4 is 10.5 Å². The highest BCUT2D eigenvalue weighted by atomic mass is 35.5. The Bertz CT molecular complexity index is 552. The lowest BCUT2D eigenvalue weighted by Gasteiger charge is -2.08. The summed E-state index contributed by atoms with van der Waals surface area (Å²) in [7, 11) is 0. The normalized spacial score (nSPS) is 10.4. The number of rotatable bonds is 3. The Hall–Kier alpha value is -1.65. The summed E-state index contributed by atoms with van der Waals surface area (Å²) in [5.74, 6) is 0.527. The molecule has 0 amide bonds. The van der Waals surface area contributed by atoms with Crippen molar-refractivity contribution in [2.24, 2.45) is 5.73 Å². The Morgan fingerprint density at radius 1 is 1.17 bits per heavy atom. The Labute approximate surface area is 111 Å². The number of ether oxygens (including phenoxy) is 1. The van der Waals surface area contributed by atoms with E-state index in [-0.39, 0.29) is 0 Å². The fourth-order valence-electron chi connectivity index (χ4n) is 1.59. The molecule has 0 unspecified atom stereocenters. The van der Waals surface area contributed by atoms with Crippen LogP contribution in [0.5, 0.6) is 11.8 Å². The molecule has 1 aromatic carbocycles. The van der Waals surface area contributed by atoms with Crippen molar-refractivity contribution in [3.8, 4) is 11.8 Å². The van der Waals surface area contributed by atoms with Crippen LogP contribution in [0.1, 0.15) is 17.0 Å². The first kappa shape index (κ1) is 12.8. The third-order valence-electron chi connectivity index (χ3n) is 2.40. The number of aryl methyl sites for hydroxylation is 2. The Balaban J connectivity index is 2.28. The molecule has 0 atom stereocenters. The molecule has 0 saturated heterocycles. The predicted octanol–water partition coefficient (Wildman–Crippen LogP) is 3.00. The van der Waals surface area contributed by atoms with E-state index in [1.54, 1.807) is 12.1 Å². The minimum absolute atomic E-state index is 0.301. The molecule has 94 valence electrons. The van der Waals surface area contributed by atoms with Crippen LogP contribution >= 0.6 is 11.6 Å². The first-order chi connectivity index (χ1) is 8.58. The summed E-state index contributed by atoms with van der Waals surface area (Å²) in [6.45, 7) is 4.22. The summed E-state index contributed by atoms with van der Waals surface area (Å²) < 4.78 is 5.58. The van der Waals surface area contributed by atoms with Crippen molar-refractivity contribution in [2.75, 3.05) is 0 Å². The lowest BCUT2D eigenvalue weighted by molar-refractivity contribution is 0.439. The van der Waals surface area contributed by atoms with E-state index in [0.717, 1.165) is 17.0 Å². The lowest BCUT2D eigenvalue weighted by atomic mass is 10.2. The second-order valence-electron chi connectivity index (χ2n) is 4.00. The van der Waals surface area contributed by atoms with Crippen LogP contribution in [0.15, 0.2) is 24.3 Å². The molecular weight excluding hydrogens is 250 g/mol. The second kappa shape index (κ2) is 5.33. The molecule has 0 radical (unpaired) electrons. The Morgan fingerprint density at radius 2 is 1.83 bits per heavy atom. The molecule has 2 rings (SSSR count). The zero-order chi connectivity index (χ0) is 13.1. The van der Waals surface area contributed by atoms with Gasteiger partial charge in [0.15, 0.2) is 0 Å². The van der Waals surface area contributed by atoms with Gasteiger partial charge in [0, 0.05) is 17.9 Å². The van der Waals surface area contributed by atoms with Gasteiger partial charge in [-0.25, -0.2) is 9.97 Å². The number of halogens is 1. The predicted molar refractivity (Wildman–Crippen MR) is 70.9 cm³/mol. The highest BCUT2D eigenvalue weighted by Crippen LogP contribution is 2.28. The zero-order valence-electron chi connectivity index (χ0n) is 10.3. The zero-order valence-corrected chi connectivity index (χ0v) is 11.0. The molecule has 0 aliphatic heterocycles. The number of nitrogens with two attached hydrogens (primary N) is 1. The highest BCUT2D eigenvalue weighted by Gasteiger charge is 2.07. The van der Waals surface area contributed by atoms with Crippen molar-refractivity contribution < 1.29 is 4.74 Å². The van der Waals surface area contributed by atoms with Gasteiger partial charge >= 0.3 is 6.01 Å². The van der Waals surface area contributed by atoms with Crippen LogP contribution in [-0.2, 0) is 6.54 Å². The maximum absolute atomic E-state index is 6.10. The topological polar surface area (TPSA) is 61.0 Å². The van der Waals surface area contributed by atoms with E-state index in [9.17, 15) is 0 Å². The summed E-state index contributed by atoms with van der Waals surface area (Å²) in [5, 5.41) is 0.501. The van der Waals surface area contributed by atoms with Gasteiger partial charge in [0.05, 0.1) is 5.02 Å². The average Bonchev–Trinajstić information content (AvgIpc) is 2.30. The summed E-state index contributed by atoms with van der Waals surface area (Å²) in [4.78, 5) is 8.39. The number of hydrogen-bond donors (Lipinski definition) is 1. The minimum Gasteiger partial charge on any atom is -0.423 e. The van der Waals surface area contributed by atoms with E-state index in [2.05, 4.69) is 9.97 Å². The summed E-state index contributed by atoms with van der Waals surface area (Å²) in [5.41, 5.74) is 8.20. The molecule has 2 N–H and O–H groups in total. The maximum atomic E-state index is 6.10. The van der Waals surface area contributed by atoms with Gasteiger partial charge in [-0.15, -0.1) is 0 Å². The van der Waals surface area contributed by atoms with Crippen LogP contribution in [0.2, 0.25) is 5.02 Å². The fraction of sp³-hybridized carbons (Fsp3) is 0.231. The molecular formula is C13H14ClN3O. The van der Waals surface area contributed by atoms with E-state index in [1.165, 1.54) is 0 Å². The van der Waals surface area contributed by atoms with Gasteiger partial charge in [-0.3, -0.25) is 0 Å². The molecule has 1 aromatic heterocycles. The first-order valence-electron chi connectivity index (χ1n) is 5.57. The molecule has 0 saturated carbocycles. The van der Waals surface area contributed by atoms with E-state index in [4.69, 9.17) is 22.1 Å². The van der Waals surface area contributed by atoms with E-state index < -0.39 is 0 Å². The SMILES string of the molecule is Cc1cc(C)nc(Oc2ccc(CN)cc2Cl)n1. The molecule has 1 heterocycles. The second-order valence-corrected chi connectivity index (χ2v) is 4.41. The molecule has 0 aliphatic carbocycles. The summed E-state index contributed by atoms with van der Waals surface area (Å²) in [6, 6.07) is 7.59. The van der Waals surface area contributed by atoms with Crippen LogP contribution in [0.3, 0.4) is 0 Å². The number of benzene rings is 1. The minimum atomic E-state index is 0.301. The third-order valence-corrected chi connectivity index (χ3v) is 2.69. The highest BCUT2D eigenvalue weighted by molar-refractivity contribution is 6.32. The molecule has 18 heavy (non-hydrogen) atoms. The van der Waals surface area contributed by atoms with Crippen molar-refractivity contribution in [3.63, 3.8) is 0 Å². The average molecular weight is 264 g/mol. The van der Waals surface area contributed by atoms with Gasteiger partial charge in [-0.2, -0.15) is 0 Å². The van der Waals surface area contributed by atoms with Crippen molar-refractivity contribution >= 4 is 11.6 Å². The molecule has 0 fully saturated rings. The summed E-state index contributed by atoms with van der Waals surface area (Å²) >= 11 is 6.10. The van der Waals surface area contributed by atoms with E-state index >= 15 is 0 Å². The van der Waals surface area contributed by atoms with Crippen molar-refractivity contribution in [3.05, 3.63) is 46.2 Å². The van der Waals surface area contributed by atoms with Gasteiger partial charge in [0.1, 0.15) is 5.75 Å². The van der Waals surface area contributed by atoms with Crippen LogP contribution in [0, 0.1) is 13.8 Å². The smallest absolute Gasteiger partial charge is 0.322 e. The largest absolute Gasteiger partial charge is 0.423 e.